The summed E-state index contributed by atoms with van der Waals surface area (Å²) in [5.74, 6) is 0.698. The lowest BCUT2D eigenvalue weighted by atomic mass is 10.1. The van der Waals surface area contributed by atoms with Crippen LogP contribution in [0.2, 0.25) is 0 Å². The van der Waals surface area contributed by atoms with Crippen LogP contribution >= 0.6 is 0 Å². The highest BCUT2D eigenvalue weighted by Crippen LogP contribution is 2.24. The van der Waals surface area contributed by atoms with Crippen LogP contribution in [-0.2, 0) is 13.0 Å². The number of fused-ring (bicyclic) bond motifs is 1. The van der Waals surface area contributed by atoms with Crippen molar-refractivity contribution in [3.05, 3.63) is 65.4 Å². The van der Waals surface area contributed by atoms with Gasteiger partial charge in [0, 0.05) is 44.5 Å². The van der Waals surface area contributed by atoms with E-state index in [4.69, 9.17) is 4.98 Å². The van der Waals surface area contributed by atoms with Crippen molar-refractivity contribution in [2.75, 3.05) is 19.4 Å². The van der Waals surface area contributed by atoms with Crippen molar-refractivity contribution in [2.24, 2.45) is 0 Å². The number of carbonyl (C=O) groups excluding carboxylic acids is 2. The summed E-state index contributed by atoms with van der Waals surface area (Å²) in [5, 5.41) is 2.90. The first-order chi connectivity index (χ1) is 14.4. The Balaban J connectivity index is 1.47. The quantitative estimate of drug-likeness (QED) is 0.723. The highest BCUT2D eigenvalue weighted by atomic mass is 16.2. The average molecular weight is 403 g/mol. The number of pyridine rings is 1. The Morgan fingerprint density at radius 3 is 2.47 bits per heavy atom. The van der Waals surface area contributed by atoms with Crippen molar-refractivity contribution < 1.29 is 9.59 Å². The maximum atomic E-state index is 12.7. The Labute approximate surface area is 175 Å². The van der Waals surface area contributed by atoms with Crippen LogP contribution in [0.1, 0.15) is 45.2 Å². The standard InChI is InChI=1S/C23H25N5O2/c1-15-18(11-12-19(24-15)23(30)27(2)3)22(29)25-17-9-7-16(8-10-17)20-14-28-13-5-4-6-21(28)26-20/h7-12,14H,4-6,13H2,1-3H3,(H,25,29). The zero-order valence-corrected chi connectivity index (χ0v) is 17.5. The minimum absolute atomic E-state index is 0.193. The molecule has 1 aliphatic heterocycles. The fourth-order valence-electron chi connectivity index (χ4n) is 3.62. The van der Waals surface area contributed by atoms with Gasteiger partial charge in [0.25, 0.3) is 11.8 Å². The Morgan fingerprint density at radius 1 is 1.03 bits per heavy atom. The predicted octanol–water partition coefficient (Wildman–Crippen LogP) is 3.54. The molecule has 3 heterocycles. The summed E-state index contributed by atoms with van der Waals surface area (Å²) in [4.78, 5) is 35.2. The van der Waals surface area contributed by atoms with Gasteiger partial charge in [0.1, 0.15) is 11.5 Å². The van der Waals surface area contributed by atoms with E-state index in [1.54, 1.807) is 33.2 Å². The third kappa shape index (κ3) is 3.96. The summed E-state index contributed by atoms with van der Waals surface area (Å²) in [6, 6.07) is 10.9. The second kappa shape index (κ2) is 8.10. The van der Waals surface area contributed by atoms with Gasteiger partial charge < -0.3 is 14.8 Å². The molecule has 0 saturated heterocycles. The molecule has 154 valence electrons. The molecule has 1 aromatic carbocycles. The van der Waals surface area contributed by atoms with Gasteiger partial charge in [-0.1, -0.05) is 12.1 Å². The molecule has 1 aliphatic rings. The molecule has 4 rings (SSSR count). The molecule has 2 amide bonds. The molecule has 1 N–H and O–H groups in total. The fraction of sp³-hybridized carbons (Fsp3) is 0.304. The molecular formula is C23H25N5O2. The molecule has 0 radical (unpaired) electrons. The third-order valence-corrected chi connectivity index (χ3v) is 5.30. The minimum Gasteiger partial charge on any atom is -0.343 e. The number of hydrogen-bond donors (Lipinski definition) is 1. The zero-order valence-electron chi connectivity index (χ0n) is 17.5. The van der Waals surface area contributed by atoms with Crippen LogP contribution in [0.15, 0.2) is 42.6 Å². The molecule has 2 aromatic heterocycles. The summed E-state index contributed by atoms with van der Waals surface area (Å²) in [5.41, 5.74) is 3.96. The van der Waals surface area contributed by atoms with Gasteiger partial charge in [0.2, 0.25) is 0 Å². The SMILES string of the molecule is Cc1nc(C(=O)N(C)C)ccc1C(=O)Nc1ccc(-c2cn3c(n2)CCCC3)cc1. The highest BCUT2D eigenvalue weighted by molar-refractivity contribution is 6.05. The molecule has 7 heteroatoms. The average Bonchev–Trinajstić information content (AvgIpc) is 3.17. The topological polar surface area (TPSA) is 80.1 Å². The summed E-state index contributed by atoms with van der Waals surface area (Å²) in [7, 11) is 3.34. The minimum atomic E-state index is -0.256. The molecule has 0 saturated carbocycles. The van der Waals surface area contributed by atoms with Crippen LogP contribution in [0.5, 0.6) is 0 Å². The van der Waals surface area contributed by atoms with E-state index in [1.807, 2.05) is 24.3 Å². The van der Waals surface area contributed by atoms with Gasteiger partial charge in [-0.15, -0.1) is 0 Å². The predicted molar refractivity (Wildman–Crippen MR) is 116 cm³/mol. The molecule has 0 fully saturated rings. The number of anilines is 1. The van der Waals surface area contributed by atoms with E-state index in [0.29, 0.717) is 22.6 Å². The van der Waals surface area contributed by atoms with E-state index in [1.165, 1.54) is 17.7 Å². The first kappa shape index (κ1) is 19.8. The van der Waals surface area contributed by atoms with Crippen LogP contribution in [0, 0.1) is 6.92 Å². The molecule has 3 aromatic rings. The van der Waals surface area contributed by atoms with Crippen molar-refractivity contribution in [2.45, 2.75) is 32.7 Å². The Morgan fingerprint density at radius 2 is 1.80 bits per heavy atom. The highest BCUT2D eigenvalue weighted by Gasteiger charge is 2.16. The normalized spacial score (nSPS) is 12.9. The Hall–Kier alpha value is -3.48. The van der Waals surface area contributed by atoms with Crippen LogP contribution in [0.4, 0.5) is 5.69 Å². The van der Waals surface area contributed by atoms with Gasteiger partial charge >= 0.3 is 0 Å². The van der Waals surface area contributed by atoms with Crippen molar-refractivity contribution in [3.8, 4) is 11.3 Å². The molecule has 0 atom stereocenters. The summed E-state index contributed by atoms with van der Waals surface area (Å²) < 4.78 is 2.23. The number of benzene rings is 1. The number of nitrogens with zero attached hydrogens (tertiary/aromatic N) is 4. The van der Waals surface area contributed by atoms with Gasteiger partial charge in [-0.2, -0.15) is 0 Å². The van der Waals surface area contributed by atoms with E-state index in [-0.39, 0.29) is 11.8 Å². The van der Waals surface area contributed by atoms with Gasteiger partial charge in [0.05, 0.1) is 17.0 Å². The van der Waals surface area contributed by atoms with E-state index in [9.17, 15) is 9.59 Å². The van der Waals surface area contributed by atoms with E-state index >= 15 is 0 Å². The van der Waals surface area contributed by atoms with E-state index < -0.39 is 0 Å². The monoisotopic (exact) mass is 403 g/mol. The Bertz CT molecular complexity index is 1080. The van der Waals surface area contributed by atoms with Gasteiger partial charge in [-0.3, -0.25) is 9.59 Å². The van der Waals surface area contributed by atoms with Crippen LogP contribution < -0.4 is 5.32 Å². The van der Waals surface area contributed by atoms with E-state index in [0.717, 1.165) is 30.0 Å². The second-order valence-electron chi connectivity index (χ2n) is 7.75. The van der Waals surface area contributed by atoms with Crippen LogP contribution in [0.25, 0.3) is 11.3 Å². The van der Waals surface area contributed by atoms with Crippen LogP contribution in [0.3, 0.4) is 0 Å². The lowest BCUT2D eigenvalue weighted by molar-refractivity contribution is 0.0821. The first-order valence-electron chi connectivity index (χ1n) is 10.1. The number of amides is 2. The Kier molecular flexibility index (Phi) is 5.35. The smallest absolute Gasteiger partial charge is 0.271 e. The lowest BCUT2D eigenvalue weighted by Gasteiger charge is -2.12. The first-order valence-corrected chi connectivity index (χ1v) is 10.1. The number of hydrogen-bond acceptors (Lipinski definition) is 4. The number of carbonyl (C=O) groups is 2. The molecule has 0 aliphatic carbocycles. The molecule has 30 heavy (non-hydrogen) atoms. The molecule has 0 unspecified atom stereocenters. The lowest BCUT2D eigenvalue weighted by Crippen LogP contribution is -2.23. The van der Waals surface area contributed by atoms with Crippen molar-refractivity contribution >= 4 is 17.5 Å². The number of rotatable bonds is 4. The summed E-state index contributed by atoms with van der Waals surface area (Å²) >= 11 is 0. The summed E-state index contributed by atoms with van der Waals surface area (Å²) in [6.45, 7) is 2.76. The summed E-state index contributed by atoms with van der Waals surface area (Å²) in [6.07, 6.45) is 5.53. The molecule has 7 nitrogen and oxygen atoms in total. The van der Waals surface area contributed by atoms with Crippen molar-refractivity contribution in [1.29, 1.82) is 0 Å². The maximum Gasteiger partial charge on any atom is 0.271 e. The van der Waals surface area contributed by atoms with Crippen molar-refractivity contribution in [1.82, 2.24) is 19.4 Å². The third-order valence-electron chi connectivity index (χ3n) is 5.30. The van der Waals surface area contributed by atoms with Crippen molar-refractivity contribution in [3.63, 3.8) is 0 Å². The number of imidazole rings is 1. The van der Waals surface area contributed by atoms with Gasteiger partial charge in [0.15, 0.2) is 0 Å². The molecular weight excluding hydrogens is 378 g/mol. The number of aromatic nitrogens is 3. The van der Waals surface area contributed by atoms with Gasteiger partial charge in [-0.25, -0.2) is 9.97 Å². The number of nitrogens with one attached hydrogen (secondary N) is 1. The zero-order chi connectivity index (χ0) is 21.3. The number of aryl methyl sites for hydroxylation is 3. The van der Waals surface area contributed by atoms with Crippen LogP contribution in [-0.4, -0.2) is 45.3 Å². The van der Waals surface area contributed by atoms with E-state index in [2.05, 4.69) is 21.1 Å². The maximum absolute atomic E-state index is 12.7. The fourth-order valence-corrected chi connectivity index (χ4v) is 3.62. The second-order valence-corrected chi connectivity index (χ2v) is 7.75. The molecule has 0 bridgehead atoms. The molecule has 0 spiro atoms. The van der Waals surface area contributed by atoms with Gasteiger partial charge in [-0.05, 0) is 44.0 Å². The largest absolute Gasteiger partial charge is 0.343 e.